The summed E-state index contributed by atoms with van der Waals surface area (Å²) in [6.45, 7) is 2.65. The number of hydrogen-bond acceptors (Lipinski definition) is 2. The Bertz CT molecular complexity index is 339. The van der Waals surface area contributed by atoms with Gasteiger partial charge in [0.1, 0.15) is 0 Å². The lowest BCUT2D eigenvalue weighted by Gasteiger charge is -2.10. The molecule has 15 heavy (non-hydrogen) atoms. The Morgan fingerprint density at radius 1 is 1.40 bits per heavy atom. The molecule has 1 aliphatic heterocycles. The van der Waals surface area contributed by atoms with Gasteiger partial charge in [0.25, 0.3) is 0 Å². The summed E-state index contributed by atoms with van der Waals surface area (Å²) in [5.41, 5.74) is 0.419. The van der Waals surface area contributed by atoms with Crippen molar-refractivity contribution < 1.29 is 9.53 Å². The molecule has 0 N–H and O–H groups in total. The number of benzene rings is 1. The van der Waals surface area contributed by atoms with Crippen LogP contribution in [0, 0.1) is 0 Å². The highest BCUT2D eigenvalue weighted by atomic mass is 16.6. The number of hydrogen-bond donors (Lipinski definition) is 0. The first kappa shape index (κ1) is 10.4. The lowest BCUT2D eigenvalue weighted by molar-refractivity contribution is -0.124. The molecule has 0 amide bonds. The highest BCUT2D eigenvalue weighted by Crippen LogP contribution is 2.40. The van der Waals surface area contributed by atoms with Crippen molar-refractivity contribution in [2.45, 2.75) is 31.8 Å². The van der Waals surface area contributed by atoms with Crippen LogP contribution in [0.1, 0.15) is 31.7 Å². The predicted molar refractivity (Wildman–Crippen MR) is 58.6 cm³/mol. The van der Waals surface area contributed by atoms with Crippen LogP contribution in [0.25, 0.3) is 0 Å². The zero-order valence-electron chi connectivity index (χ0n) is 9.03. The average Bonchev–Trinajstić information content (AvgIpc) is 3.08. The smallest absolute Gasteiger partial charge is 0.174 e. The van der Waals surface area contributed by atoms with Crippen LogP contribution >= 0.6 is 0 Å². The van der Waals surface area contributed by atoms with E-state index in [0.29, 0.717) is 13.0 Å². The molecule has 0 spiro atoms. The summed E-state index contributed by atoms with van der Waals surface area (Å²) in [6.07, 6.45) is 2.64. The maximum absolute atomic E-state index is 12.0. The Balaban J connectivity index is 2.11. The lowest BCUT2D eigenvalue weighted by Crippen LogP contribution is -2.21. The van der Waals surface area contributed by atoms with Gasteiger partial charge >= 0.3 is 0 Å². The molecule has 1 unspecified atom stereocenters. The van der Waals surface area contributed by atoms with Crippen LogP contribution in [0.2, 0.25) is 0 Å². The normalized spacial score (nSPS) is 23.8. The molecule has 0 radical (unpaired) electrons. The molecule has 1 aliphatic rings. The summed E-state index contributed by atoms with van der Waals surface area (Å²) < 4.78 is 5.39. The number of carbonyl (C=O) groups is 1. The molecular formula is C13H16O2. The van der Waals surface area contributed by atoms with Gasteiger partial charge in [-0.25, -0.2) is 0 Å². The Morgan fingerprint density at radius 2 is 2.07 bits per heavy atom. The van der Waals surface area contributed by atoms with Gasteiger partial charge in [0.2, 0.25) is 0 Å². The Hall–Kier alpha value is -1.15. The van der Waals surface area contributed by atoms with E-state index in [1.165, 1.54) is 0 Å². The van der Waals surface area contributed by atoms with Gasteiger partial charge in [-0.1, -0.05) is 43.7 Å². The molecule has 0 aliphatic carbocycles. The monoisotopic (exact) mass is 204 g/mol. The van der Waals surface area contributed by atoms with Gasteiger partial charge in [0, 0.05) is 6.42 Å². The van der Waals surface area contributed by atoms with E-state index in [-0.39, 0.29) is 5.78 Å². The molecular weight excluding hydrogens is 188 g/mol. The maximum Gasteiger partial charge on any atom is 0.174 e. The largest absolute Gasteiger partial charge is 0.356 e. The van der Waals surface area contributed by atoms with Crippen molar-refractivity contribution in [3.05, 3.63) is 35.9 Å². The van der Waals surface area contributed by atoms with Gasteiger partial charge in [-0.3, -0.25) is 4.79 Å². The van der Waals surface area contributed by atoms with Gasteiger partial charge < -0.3 is 4.74 Å². The first-order valence-corrected chi connectivity index (χ1v) is 5.52. The van der Waals surface area contributed by atoms with Crippen molar-refractivity contribution in [1.82, 2.24) is 0 Å². The molecule has 1 aromatic carbocycles. The van der Waals surface area contributed by atoms with Crippen molar-refractivity contribution in [2.24, 2.45) is 0 Å². The standard InChI is InChI=1S/C13H16O2/c1-2-3-9-12(14)13(10-15-13)11-7-5-4-6-8-11/h4-8H,2-3,9-10H2,1H3. The molecule has 1 fully saturated rings. The van der Waals surface area contributed by atoms with Crippen LogP contribution in [0.15, 0.2) is 30.3 Å². The molecule has 2 rings (SSSR count). The van der Waals surface area contributed by atoms with Gasteiger partial charge in [-0.2, -0.15) is 0 Å². The fraction of sp³-hybridized carbons (Fsp3) is 0.462. The molecule has 0 bridgehead atoms. The van der Waals surface area contributed by atoms with Crippen LogP contribution < -0.4 is 0 Å². The molecule has 1 heterocycles. The maximum atomic E-state index is 12.0. The number of unbranched alkanes of at least 4 members (excludes halogenated alkanes) is 1. The van der Waals surface area contributed by atoms with Crippen molar-refractivity contribution in [3.63, 3.8) is 0 Å². The van der Waals surface area contributed by atoms with E-state index in [1.54, 1.807) is 0 Å². The van der Waals surface area contributed by atoms with E-state index in [2.05, 4.69) is 6.92 Å². The first-order valence-electron chi connectivity index (χ1n) is 5.52. The van der Waals surface area contributed by atoms with Crippen molar-refractivity contribution in [2.75, 3.05) is 6.61 Å². The molecule has 0 aromatic heterocycles. The van der Waals surface area contributed by atoms with E-state index in [9.17, 15) is 4.79 Å². The van der Waals surface area contributed by atoms with Crippen LogP contribution in [-0.4, -0.2) is 12.4 Å². The van der Waals surface area contributed by atoms with Gasteiger partial charge in [-0.15, -0.1) is 0 Å². The Morgan fingerprint density at radius 3 is 2.60 bits per heavy atom. The molecule has 1 saturated heterocycles. The minimum absolute atomic E-state index is 0.232. The van der Waals surface area contributed by atoms with E-state index in [0.717, 1.165) is 18.4 Å². The number of rotatable bonds is 5. The Kier molecular flexibility index (Phi) is 2.87. The highest BCUT2D eigenvalue weighted by Gasteiger charge is 2.52. The van der Waals surface area contributed by atoms with Crippen molar-refractivity contribution in [1.29, 1.82) is 0 Å². The number of ether oxygens (including phenoxy) is 1. The van der Waals surface area contributed by atoms with E-state index < -0.39 is 5.60 Å². The topological polar surface area (TPSA) is 29.6 Å². The van der Waals surface area contributed by atoms with E-state index >= 15 is 0 Å². The Labute approximate surface area is 90.3 Å². The van der Waals surface area contributed by atoms with Gasteiger partial charge in [0.05, 0.1) is 6.61 Å². The third-order valence-corrected chi connectivity index (χ3v) is 2.88. The zero-order valence-corrected chi connectivity index (χ0v) is 9.03. The van der Waals surface area contributed by atoms with E-state index in [1.807, 2.05) is 30.3 Å². The van der Waals surface area contributed by atoms with E-state index in [4.69, 9.17) is 4.74 Å². The predicted octanol–water partition coefficient (Wildman–Crippen LogP) is 2.67. The number of Topliss-reactive ketones (excluding diaryl/α,β-unsaturated/α-hetero) is 1. The second-order valence-corrected chi connectivity index (χ2v) is 4.01. The summed E-state index contributed by atoms with van der Waals surface area (Å²) >= 11 is 0. The highest BCUT2D eigenvalue weighted by molar-refractivity contribution is 5.90. The van der Waals surface area contributed by atoms with Gasteiger partial charge in [-0.05, 0) is 12.0 Å². The minimum Gasteiger partial charge on any atom is -0.356 e. The molecule has 1 atom stereocenters. The second-order valence-electron chi connectivity index (χ2n) is 4.01. The molecule has 2 heteroatoms. The number of ketones is 1. The second kappa shape index (κ2) is 4.15. The fourth-order valence-corrected chi connectivity index (χ4v) is 1.81. The molecule has 1 aromatic rings. The third-order valence-electron chi connectivity index (χ3n) is 2.88. The van der Waals surface area contributed by atoms with Crippen molar-refractivity contribution in [3.8, 4) is 0 Å². The SMILES string of the molecule is CCCCC(=O)C1(c2ccccc2)CO1. The fourth-order valence-electron chi connectivity index (χ4n) is 1.81. The molecule has 2 nitrogen and oxygen atoms in total. The summed E-state index contributed by atoms with van der Waals surface area (Å²) in [7, 11) is 0. The van der Waals surface area contributed by atoms with Crippen LogP contribution in [-0.2, 0) is 15.1 Å². The summed E-state index contributed by atoms with van der Waals surface area (Å²) in [5, 5.41) is 0. The molecule has 80 valence electrons. The third kappa shape index (κ3) is 1.95. The minimum atomic E-state index is -0.587. The van der Waals surface area contributed by atoms with Gasteiger partial charge in [0.15, 0.2) is 11.4 Å². The number of epoxide rings is 1. The van der Waals surface area contributed by atoms with Crippen LogP contribution in [0.5, 0.6) is 0 Å². The quantitative estimate of drug-likeness (QED) is 0.690. The van der Waals surface area contributed by atoms with Crippen LogP contribution in [0.3, 0.4) is 0 Å². The summed E-state index contributed by atoms with van der Waals surface area (Å²) in [5.74, 6) is 0.232. The summed E-state index contributed by atoms with van der Waals surface area (Å²) in [6, 6.07) is 9.79. The number of carbonyl (C=O) groups excluding carboxylic acids is 1. The zero-order chi connectivity index (χ0) is 10.7. The lowest BCUT2D eigenvalue weighted by atomic mass is 9.92. The average molecular weight is 204 g/mol. The molecule has 0 saturated carbocycles. The summed E-state index contributed by atoms with van der Waals surface area (Å²) in [4.78, 5) is 12.0. The van der Waals surface area contributed by atoms with Crippen molar-refractivity contribution >= 4 is 5.78 Å². The van der Waals surface area contributed by atoms with Crippen LogP contribution in [0.4, 0.5) is 0 Å². The first-order chi connectivity index (χ1) is 7.29.